The summed E-state index contributed by atoms with van der Waals surface area (Å²) in [5.74, 6) is -0.308. The molecule has 0 aliphatic carbocycles. The molecule has 0 atom stereocenters. The molecule has 1 amide bonds. The largest absolute Gasteiger partial charge is 0.484 e. The molecule has 1 aliphatic heterocycles. The number of nitrogens with zero attached hydrogens (tertiary/aromatic N) is 2. The molecule has 0 spiro atoms. The highest BCUT2D eigenvalue weighted by atomic mass is 35.5. The van der Waals surface area contributed by atoms with Gasteiger partial charge in [0.2, 0.25) is 10.0 Å². The Morgan fingerprint density at radius 1 is 1.07 bits per heavy atom. The average molecular weight is 413 g/mol. The molecule has 0 bridgehead atoms. The fraction of sp³-hybridized carbons (Fsp3) is 0.278. The molecule has 3 rings (SSSR count). The molecule has 0 aromatic heterocycles. The number of rotatable bonds is 5. The zero-order valence-corrected chi connectivity index (χ0v) is 15.9. The van der Waals surface area contributed by atoms with Crippen LogP contribution in [-0.2, 0) is 14.8 Å². The van der Waals surface area contributed by atoms with Gasteiger partial charge in [0.1, 0.15) is 11.6 Å². The van der Waals surface area contributed by atoms with Crippen molar-refractivity contribution in [2.45, 2.75) is 4.90 Å². The van der Waals surface area contributed by atoms with Gasteiger partial charge in [-0.15, -0.1) is 0 Å². The summed E-state index contributed by atoms with van der Waals surface area (Å²) in [4.78, 5) is 13.7. The normalized spacial score (nSPS) is 15.6. The van der Waals surface area contributed by atoms with Gasteiger partial charge in [-0.1, -0.05) is 17.7 Å². The zero-order valence-electron chi connectivity index (χ0n) is 14.3. The SMILES string of the molecule is O=C(COc1ccc(Cl)cc1)N1CCN(S(=O)(=O)c2cccc(F)c2)CC1. The van der Waals surface area contributed by atoms with Gasteiger partial charge in [-0.05, 0) is 42.5 Å². The third-order valence-electron chi connectivity index (χ3n) is 4.20. The van der Waals surface area contributed by atoms with Crippen LogP contribution in [0.2, 0.25) is 5.02 Å². The quantitative estimate of drug-likeness (QED) is 0.756. The first-order valence-electron chi connectivity index (χ1n) is 8.28. The third-order valence-corrected chi connectivity index (χ3v) is 6.35. The lowest BCUT2D eigenvalue weighted by Gasteiger charge is -2.34. The van der Waals surface area contributed by atoms with Crippen molar-refractivity contribution in [1.82, 2.24) is 9.21 Å². The van der Waals surface area contributed by atoms with Crippen molar-refractivity contribution < 1.29 is 22.3 Å². The van der Waals surface area contributed by atoms with Crippen molar-refractivity contribution in [3.8, 4) is 5.75 Å². The molecule has 144 valence electrons. The summed E-state index contributed by atoms with van der Waals surface area (Å²) in [6.07, 6.45) is 0. The van der Waals surface area contributed by atoms with Crippen LogP contribution < -0.4 is 4.74 Å². The lowest BCUT2D eigenvalue weighted by molar-refractivity contribution is -0.134. The van der Waals surface area contributed by atoms with Gasteiger partial charge in [0, 0.05) is 31.2 Å². The first kappa shape index (κ1) is 19.6. The number of ether oxygens (including phenoxy) is 1. The molecule has 2 aromatic rings. The van der Waals surface area contributed by atoms with E-state index in [0.717, 1.165) is 6.07 Å². The number of hydrogen-bond acceptors (Lipinski definition) is 4. The fourth-order valence-corrected chi connectivity index (χ4v) is 4.30. The second-order valence-corrected chi connectivity index (χ2v) is 8.36. The van der Waals surface area contributed by atoms with E-state index in [9.17, 15) is 17.6 Å². The van der Waals surface area contributed by atoms with Crippen LogP contribution in [0.4, 0.5) is 4.39 Å². The molecule has 2 aromatic carbocycles. The van der Waals surface area contributed by atoms with Crippen LogP contribution in [0, 0.1) is 5.82 Å². The van der Waals surface area contributed by atoms with Crippen molar-refractivity contribution in [3.05, 3.63) is 59.4 Å². The summed E-state index contributed by atoms with van der Waals surface area (Å²) in [5, 5.41) is 0.573. The molecule has 1 aliphatic rings. The second-order valence-electron chi connectivity index (χ2n) is 5.98. The van der Waals surface area contributed by atoms with Gasteiger partial charge >= 0.3 is 0 Å². The van der Waals surface area contributed by atoms with Crippen molar-refractivity contribution >= 4 is 27.5 Å². The van der Waals surface area contributed by atoms with Gasteiger partial charge in [0.15, 0.2) is 6.61 Å². The minimum absolute atomic E-state index is 0.0895. The van der Waals surface area contributed by atoms with E-state index in [1.807, 2.05) is 0 Å². The summed E-state index contributed by atoms with van der Waals surface area (Å²) >= 11 is 5.79. The van der Waals surface area contributed by atoms with E-state index in [-0.39, 0.29) is 43.6 Å². The van der Waals surface area contributed by atoms with E-state index in [1.54, 1.807) is 29.2 Å². The molecule has 6 nitrogen and oxygen atoms in total. The van der Waals surface area contributed by atoms with Gasteiger partial charge in [-0.2, -0.15) is 4.31 Å². The van der Waals surface area contributed by atoms with Gasteiger partial charge in [0.05, 0.1) is 4.90 Å². The molecule has 0 radical (unpaired) electrons. The van der Waals surface area contributed by atoms with Crippen molar-refractivity contribution in [2.24, 2.45) is 0 Å². The number of amides is 1. The van der Waals surface area contributed by atoms with E-state index in [4.69, 9.17) is 16.3 Å². The minimum Gasteiger partial charge on any atom is -0.484 e. The Morgan fingerprint density at radius 2 is 1.74 bits per heavy atom. The molecule has 0 unspecified atom stereocenters. The Kier molecular flexibility index (Phi) is 5.98. The van der Waals surface area contributed by atoms with Gasteiger partial charge in [-0.25, -0.2) is 12.8 Å². The second kappa shape index (κ2) is 8.24. The molecule has 9 heteroatoms. The van der Waals surface area contributed by atoms with E-state index in [1.165, 1.54) is 22.5 Å². The van der Waals surface area contributed by atoms with E-state index < -0.39 is 15.8 Å². The van der Waals surface area contributed by atoms with Gasteiger partial charge < -0.3 is 9.64 Å². The number of hydrogen-bond donors (Lipinski definition) is 0. The topological polar surface area (TPSA) is 66.9 Å². The summed E-state index contributed by atoms with van der Waals surface area (Å²) < 4.78 is 45.2. The first-order valence-corrected chi connectivity index (χ1v) is 10.1. The maximum Gasteiger partial charge on any atom is 0.260 e. The average Bonchev–Trinajstić information content (AvgIpc) is 2.67. The van der Waals surface area contributed by atoms with Crippen LogP contribution in [0.3, 0.4) is 0 Å². The monoisotopic (exact) mass is 412 g/mol. The van der Waals surface area contributed by atoms with Gasteiger partial charge in [-0.3, -0.25) is 4.79 Å². The lowest BCUT2D eigenvalue weighted by atomic mass is 10.3. The maximum absolute atomic E-state index is 13.3. The predicted octanol–water partition coefficient (Wildman–Crippen LogP) is 2.39. The fourth-order valence-electron chi connectivity index (χ4n) is 2.72. The van der Waals surface area contributed by atoms with Gasteiger partial charge in [0.25, 0.3) is 5.91 Å². The molecule has 0 N–H and O–H groups in total. The summed E-state index contributed by atoms with van der Waals surface area (Å²) in [5.41, 5.74) is 0. The number of halogens is 2. The number of benzene rings is 2. The molecule has 27 heavy (non-hydrogen) atoms. The number of sulfonamides is 1. The maximum atomic E-state index is 13.3. The Morgan fingerprint density at radius 3 is 2.37 bits per heavy atom. The van der Waals surface area contributed by atoms with Crippen molar-refractivity contribution in [1.29, 1.82) is 0 Å². The van der Waals surface area contributed by atoms with Crippen LogP contribution in [0.5, 0.6) is 5.75 Å². The molecule has 1 fully saturated rings. The smallest absolute Gasteiger partial charge is 0.260 e. The molecular weight excluding hydrogens is 395 g/mol. The number of carbonyl (C=O) groups excluding carboxylic acids is 1. The Bertz CT molecular complexity index is 913. The molecule has 1 heterocycles. The Balaban J connectivity index is 1.55. The molecular formula is C18H18ClFN2O4S. The number of piperazine rings is 1. The van der Waals surface area contributed by atoms with E-state index in [2.05, 4.69) is 0 Å². The van der Waals surface area contributed by atoms with E-state index in [0.29, 0.717) is 10.8 Å². The predicted molar refractivity (Wildman–Crippen MR) is 98.7 cm³/mol. The van der Waals surface area contributed by atoms with Crippen LogP contribution in [0.1, 0.15) is 0 Å². The van der Waals surface area contributed by atoms with E-state index >= 15 is 0 Å². The summed E-state index contributed by atoms with van der Waals surface area (Å²) in [6, 6.07) is 11.6. The molecule has 1 saturated heterocycles. The highest BCUT2D eigenvalue weighted by molar-refractivity contribution is 7.89. The summed E-state index contributed by atoms with van der Waals surface area (Å²) in [6.45, 7) is 0.643. The molecule has 0 saturated carbocycles. The van der Waals surface area contributed by atoms with Crippen LogP contribution in [-0.4, -0.2) is 56.3 Å². The highest BCUT2D eigenvalue weighted by Crippen LogP contribution is 2.19. The first-order chi connectivity index (χ1) is 12.9. The Labute approximate surface area is 162 Å². The van der Waals surface area contributed by atoms with Crippen LogP contribution in [0.15, 0.2) is 53.4 Å². The lowest BCUT2D eigenvalue weighted by Crippen LogP contribution is -2.51. The van der Waals surface area contributed by atoms with Crippen molar-refractivity contribution in [2.75, 3.05) is 32.8 Å². The standard InChI is InChI=1S/C18H18ClFN2O4S/c19-14-4-6-16(7-5-14)26-13-18(23)21-8-10-22(11-9-21)27(24,25)17-3-1-2-15(20)12-17/h1-7,12H,8-11,13H2. The minimum atomic E-state index is -3.78. The van der Waals surface area contributed by atoms with Crippen LogP contribution >= 0.6 is 11.6 Å². The van der Waals surface area contributed by atoms with Crippen molar-refractivity contribution in [3.63, 3.8) is 0 Å². The summed E-state index contributed by atoms with van der Waals surface area (Å²) in [7, 11) is -3.78. The Hall–Kier alpha value is -2.16. The highest BCUT2D eigenvalue weighted by Gasteiger charge is 2.30. The number of carbonyl (C=O) groups is 1. The zero-order chi connectivity index (χ0) is 19.4. The third kappa shape index (κ3) is 4.77. The van der Waals surface area contributed by atoms with Crippen LogP contribution in [0.25, 0.3) is 0 Å².